The molecule has 1 atom stereocenters. The van der Waals surface area contributed by atoms with E-state index in [1.54, 1.807) is 6.07 Å². The number of hydrogen-bond acceptors (Lipinski definition) is 2. The van der Waals surface area contributed by atoms with Gasteiger partial charge in [0.2, 0.25) is 5.91 Å². The third-order valence-corrected chi connectivity index (χ3v) is 4.17. The summed E-state index contributed by atoms with van der Waals surface area (Å²) in [6.07, 6.45) is 2.47. The molecule has 0 aliphatic heterocycles. The lowest BCUT2D eigenvalue weighted by atomic mass is 10.2. The second-order valence-electron chi connectivity index (χ2n) is 5.60. The Morgan fingerprint density at radius 3 is 2.75 bits per heavy atom. The molecule has 20 heavy (non-hydrogen) atoms. The average molecular weight is 315 g/mol. The zero-order valence-corrected chi connectivity index (χ0v) is 13.3. The number of amides is 1. The van der Waals surface area contributed by atoms with E-state index in [2.05, 4.69) is 12.2 Å². The van der Waals surface area contributed by atoms with Gasteiger partial charge in [0.05, 0.1) is 6.54 Å². The molecule has 1 aromatic carbocycles. The van der Waals surface area contributed by atoms with Crippen LogP contribution in [0.25, 0.3) is 0 Å². The van der Waals surface area contributed by atoms with Crippen LogP contribution < -0.4 is 5.32 Å². The van der Waals surface area contributed by atoms with Gasteiger partial charge in [-0.15, -0.1) is 0 Å². The molecule has 1 N–H and O–H groups in total. The van der Waals surface area contributed by atoms with E-state index >= 15 is 0 Å². The first kappa shape index (κ1) is 15.6. The van der Waals surface area contributed by atoms with Gasteiger partial charge in [0, 0.05) is 22.6 Å². The van der Waals surface area contributed by atoms with E-state index < -0.39 is 0 Å². The highest BCUT2D eigenvalue weighted by Gasteiger charge is 2.28. The molecule has 1 amide bonds. The zero-order chi connectivity index (χ0) is 14.7. The van der Waals surface area contributed by atoms with Crippen molar-refractivity contribution in [3.63, 3.8) is 0 Å². The lowest BCUT2D eigenvalue weighted by Crippen LogP contribution is -2.40. The molecule has 1 aliphatic rings. The summed E-state index contributed by atoms with van der Waals surface area (Å²) in [6, 6.07) is 5.72. The summed E-state index contributed by atoms with van der Waals surface area (Å²) >= 11 is 12.0. The average Bonchev–Trinajstić information content (AvgIpc) is 3.16. The number of hydrogen-bond donors (Lipinski definition) is 1. The van der Waals surface area contributed by atoms with Crippen LogP contribution in [0.4, 0.5) is 0 Å². The van der Waals surface area contributed by atoms with Crippen LogP contribution in [0.15, 0.2) is 18.2 Å². The van der Waals surface area contributed by atoms with Gasteiger partial charge in [0.25, 0.3) is 0 Å². The minimum absolute atomic E-state index is 0.0667. The summed E-state index contributed by atoms with van der Waals surface area (Å²) in [5.41, 5.74) is 0.974. The number of halogens is 2. The van der Waals surface area contributed by atoms with Gasteiger partial charge in [-0.3, -0.25) is 9.69 Å². The van der Waals surface area contributed by atoms with Crippen LogP contribution in [0, 0.1) is 5.92 Å². The van der Waals surface area contributed by atoms with Crippen molar-refractivity contribution < 1.29 is 4.79 Å². The first-order chi connectivity index (χ1) is 9.45. The lowest BCUT2D eigenvalue weighted by Gasteiger charge is -2.19. The van der Waals surface area contributed by atoms with Crippen LogP contribution in [0.3, 0.4) is 0 Å². The quantitative estimate of drug-likeness (QED) is 0.873. The van der Waals surface area contributed by atoms with Crippen molar-refractivity contribution in [1.82, 2.24) is 10.2 Å². The predicted octanol–water partition coefficient (Wildman–Crippen LogP) is 3.34. The van der Waals surface area contributed by atoms with E-state index in [4.69, 9.17) is 23.2 Å². The third-order valence-electron chi connectivity index (χ3n) is 3.59. The number of rotatable bonds is 6. The van der Waals surface area contributed by atoms with E-state index in [0.29, 0.717) is 29.1 Å². The Hall–Kier alpha value is -0.770. The number of benzene rings is 1. The molecule has 0 radical (unpaired) electrons. The maximum absolute atomic E-state index is 11.9. The molecule has 1 aliphatic carbocycles. The monoisotopic (exact) mass is 314 g/mol. The van der Waals surface area contributed by atoms with Gasteiger partial charge in [-0.2, -0.15) is 0 Å². The van der Waals surface area contributed by atoms with Gasteiger partial charge in [-0.05, 0) is 50.4 Å². The van der Waals surface area contributed by atoms with E-state index in [-0.39, 0.29) is 11.9 Å². The molecule has 1 saturated carbocycles. The van der Waals surface area contributed by atoms with E-state index in [1.807, 2.05) is 24.1 Å². The summed E-state index contributed by atoms with van der Waals surface area (Å²) in [4.78, 5) is 13.9. The Morgan fingerprint density at radius 2 is 2.15 bits per heavy atom. The van der Waals surface area contributed by atoms with E-state index in [0.717, 1.165) is 5.56 Å². The maximum atomic E-state index is 11.9. The highest BCUT2D eigenvalue weighted by atomic mass is 35.5. The second kappa shape index (κ2) is 6.79. The molecule has 0 saturated heterocycles. The summed E-state index contributed by atoms with van der Waals surface area (Å²) in [5, 5.41) is 4.31. The minimum atomic E-state index is 0.0667. The first-order valence-corrected chi connectivity index (χ1v) is 7.63. The maximum Gasteiger partial charge on any atom is 0.234 e. The van der Waals surface area contributed by atoms with Crippen LogP contribution >= 0.6 is 23.2 Å². The molecule has 3 nitrogen and oxygen atoms in total. The summed E-state index contributed by atoms with van der Waals surface area (Å²) in [6.45, 7) is 3.07. The molecule has 0 heterocycles. The SMILES string of the molecule is C[C@@H](NC(=O)CN(C)Cc1ccc(Cl)cc1Cl)C1CC1. The summed E-state index contributed by atoms with van der Waals surface area (Å²) in [7, 11) is 1.91. The fraction of sp³-hybridized carbons (Fsp3) is 0.533. The van der Waals surface area contributed by atoms with Crippen molar-refractivity contribution in [2.45, 2.75) is 32.4 Å². The number of carbonyl (C=O) groups excluding carboxylic acids is 1. The van der Waals surface area contributed by atoms with Crippen molar-refractivity contribution in [2.24, 2.45) is 5.92 Å². The van der Waals surface area contributed by atoms with Crippen LogP contribution in [0.2, 0.25) is 10.0 Å². The standard InChI is InChI=1S/C15H20Cl2N2O/c1-10(11-3-4-11)18-15(20)9-19(2)8-12-5-6-13(16)7-14(12)17/h5-7,10-11H,3-4,8-9H2,1-2H3,(H,18,20)/t10-/m1/s1. The first-order valence-electron chi connectivity index (χ1n) is 6.87. The fourth-order valence-corrected chi connectivity index (χ4v) is 2.72. The highest BCUT2D eigenvalue weighted by Crippen LogP contribution is 2.32. The lowest BCUT2D eigenvalue weighted by molar-refractivity contribution is -0.122. The molecule has 5 heteroatoms. The Labute approximate surface area is 130 Å². The summed E-state index contributed by atoms with van der Waals surface area (Å²) in [5.74, 6) is 0.743. The van der Waals surface area contributed by atoms with Gasteiger partial charge >= 0.3 is 0 Å². The molecule has 0 aromatic heterocycles. The number of carbonyl (C=O) groups is 1. The van der Waals surface area contributed by atoms with E-state index in [1.165, 1.54) is 12.8 Å². The van der Waals surface area contributed by atoms with Crippen LogP contribution in [0.1, 0.15) is 25.3 Å². The Balaban J connectivity index is 1.81. The molecule has 0 unspecified atom stereocenters. The van der Waals surface area contributed by atoms with Crippen molar-refractivity contribution in [1.29, 1.82) is 0 Å². The molecule has 0 spiro atoms. The number of nitrogens with zero attached hydrogens (tertiary/aromatic N) is 1. The third kappa shape index (κ3) is 4.65. The molecule has 1 fully saturated rings. The molecule has 0 bridgehead atoms. The van der Waals surface area contributed by atoms with Crippen molar-refractivity contribution in [3.05, 3.63) is 33.8 Å². The molecule has 1 aromatic rings. The topological polar surface area (TPSA) is 32.3 Å². The van der Waals surface area contributed by atoms with Gasteiger partial charge in [0.1, 0.15) is 0 Å². The Kier molecular flexibility index (Phi) is 5.30. The fourth-order valence-electron chi connectivity index (χ4n) is 2.26. The zero-order valence-electron chi connectivity index (χ0n) is 11.8. The Bertz CT molecular complexity index is 489. The number of nitrogens with one attached hydrogen (secondary N) is 1. The largest absolute Gasteiger partial charge is 0.352 e. The minimum Gasteiger partial charge on any atom is -0.352 e. The summed E-state index contributed by atoms with van der Waals surface area (Å²) < 4.78 is 0. The van der Waals surface area contributed by atoms with Crippen molar-refractivity contribution in [2.75, 3.05) is 13.6 Å². The number of likely N-dealkylation sites (N-methyl/N-ethyl adjacent to an activating group) is 1. The molecular formula is C15H20Cl2N2O. The Morgan fingerprint density at radius 1 is 1.45 bits per heavy atom. The molecule has 2 rings (SSSR count). The smallest absolute Gasteiger partial charge is 0.234 e. The van der Waals surface area contributed by atoms with Gasteiger partial charge in [-0.25, -0.2) is 0 Å². The molecular weight excluding hydrogens is 295 g/mol. The van der Waals surface area contributed by atoms with Gasteiger partial charge in [-0.1, -0.05) is 29.3 Å². The molecule has 110 valence electrons. The van der Waals surface area contributed by atoms with E-state index in [9.17, 15) is 4.79 Å². The second-order valence-corrected chi connectivity index (χ2v) is 6.45. The van der Waals surface area contributed by atoms with Gasteiger partial charge in [0.15, 0.2) is 0 Å². The van der Waals surface area contributed by atoms with Crippen LogP contribution in [-0.2, 0) is 11.3 Å². The van der Waals surface area contributed by atoms with Crippen molar-refractivity contribution in [3.8, 4) is 0 Å². The van der Waals surface area contributed by atoms with Gasteiger partial charge < -0.3 is 5.32 Å². The normalized spacial score (nSPS) is 16.2. The van der Waals surface area contributed by atoms with Crippen LogP contribution in [0.5, 0.6) is 0 Å². The highest BCUT2D eigenvalue weighted by molar-refractivity contribution is 6.35. The van der Waals surface area contributed by atoms with Crippen LogP contribution in [-0.4, -0.2) is 30.4 Å². The van der Waals surface area contributed by atoms with Crippen molar-refractivity contribution >= 4 is 29.1 Å². The predicted molar refractivity (Wildman–Crippen MR) is 83.1 cm³/mol.